The van der Waals surface area contributed by atoms with E-state index in [1.54, 1.807) is 0 Å². The van der Waals surface area contributed by atoms with Crippen molar-refractivity contribution in [2.75, 3.05) is 4.72 Å². The Morgan fingerprint density at radius 2 is 1.89 bits per heavy atom. The van der Waals surface area contributed by atoms with Crippen LogP contribution in [0.2, 0.25) is 5.02 Å². The van der Waals surface area contributed by atoms with E-state index in [0.29, 0.717) is 0 Å². The first-order valence-electron chi connectivity index (χ1n) is 4.98. The summed E-state index contributed by atoms with van der Waals surface area (Å²) < 4.78 is 52.2. The number of halogens is 3. The van der Waals surface area contributed by atoms with Crippen molar-refractivity contribution in [1.82, 2.24) is 4.98 Å². The van der Waals surface area contributed by atoms with E-state index in [1.807, 2.05) is 0 Å². The van der Waals surface area contributed by atoms with Gasteiger partial charge in [0, 0.05) is 0 Å². The molecule has 1 N–H and O–H groups in total. The van der Waals surface area contributed by atoms with Gasteiger partial charge < -0.3 is 0 Å². The Labute approximate surface area is 113 Å². The van der Waals surface area contributed by atoms with Gasteiger partial charge in [-0.05, 0) is 24.3 Å². The maximum absolute atomic E-state index is 13.6. The normalized spacial score (nSPS) is 11.3. The molecule has 0 bridgehead atoms. The summed E-state index contributed by atoms with van der Waals surface area (Å²) in [5.74, 6) is -1.80. The van der Waals surface area contributed by atoms with Crippen LogP contribution in [0.25, 0.3) is 0 Å². The van der Waals surface area contributed by atoms with Gasteiger partial charge in [0.2, 0.25) is 5.95 Å². The molecule has 1 aromatic carbocycles. The van der Waals surface area contributed by atoms with Gasteiger partial charge in [0.1, 0.15) is 4.90 Å². The maximum Gasteiger partial charge on any atom is 0.264 e. The largest absolute Gasteiger partial charge is 0.278 e. The van der Waals surface area contributed by atoms with Crippen LogP contribution in [0, 0.1) is 11.8 Å². The zero-order chi connectivity index (χ0) is 14.0. The number of rotatable bonds is 3. The molecule has 0 atom stereocenters. The number of hydrogen-bond donors (Lipinski definition) is 1. The molecule has 0 aliphatic rings. The Morgan fingerprint density at radius 1 is 1.16 bits per heavy atom. The summed E-state index contributed by atoms with van der Waals surface area (Å²) in [6.07, 6.45) is 0.981. The highest BCUT2D eigenvalue weighted by molar-refractivity contribution is 7.92. The Morgan fingerprint density at radius 3 is 2.53 bits per heavy atom. The van der Waals surface area contributed by atoms with Crippen molar-refractivity contribution in [3.8, 4) is 0 Å². The van der Waals surface area contributed by atoms with Crippen LogP contribution in [0.1, 0.15) is 0 Å². The molecule has 4 nitrogen and oxygen atoms in total. The second kappa shape index (κ2) is 5.10. The number of nitrogens with one attached hydrogen (secondary N) is 1. The van der Waals surface area contributed by atoms with Crippen molar-refractivity contribution in [3.05, 3.63) is 53.3 Å². The first-order valence-corrected chi connectivity index (χ1v) is 6.84. The van der Waals surface area contributed by atoms with Gasteiger partial charge in [0.15, 0.2) is 5.82 Å². The Bertz CT molecular complexity index is 705. The van der Waals surface area contributed by atoms with E-state index in [-0.39, 0.29) is 10.7 Å². The van der Waals surface area contributed by atoms with Crippen LogP contribution in [-0.4, -0.2) is 13.4 Å². The lowest BCUT2D eigenvalue weighted by Gasteiger charge is -2.08. The predicted molar refractivity (Wildman–Crippen MR) is 66.4 cm³/mol. The smallest absolute Gasteiger partial charge is 0.264 e. The molecule has 0 saturated heterocycles. The van der Waals surface area contributed by atoms with E-state index in [4.69, 9.17) is 11.6 Å². The molecule has 1 heterocycles. The quantitative estimate of drug-likeness (QED) is 0.887. The molecule has 0 saturated carbocycles. The molecular weight excluding hydrogens is 298 g/mol. The fraction of sp³-hybridized carbons (Fsp3) is 0. The Hall–Kier alpha value is -1.73. The van der Waals surface area contributed by atoms with E-state index in [0.717, 1.165) is 18.3 Å². The standard InChI is InChI=1S/C11H7ClF2N2O2S/c12-8-2-1-3-9(11(8)14)19(17,18)16-7-4-5-10(13)15-6-7/h1-6,16H. The number of nitrogens with zero attached hydrogens (tertiary/aromatic N) is 1. The second-order valence-electron chi connectivity index (χ2n) is 3.53. The minimum Gasteiger partial charge on any atom is -0.278 e. The number of hydrogen-bond acceptors (Lipinski definition) is 3. The number of aromatic nitrogens is 1. The zero-order valence-electron chi connectivity index (χ0n) is 9.27. The van der Waals surface area contributed by atoms with Crippen LogP contribution in [0.15, 0.2) is 41.4 Å². The molecule has 100 valence electrons. The summed E-state index contributed by atoms with van der Waals surface area (Å²) in [7, 11) is -4.15. The van der Waals surface area contributed by atoms with Crippen LogP contribution < -0.4 is 4.72 Å². The molecule has 19 heavy (non-hydrogen) atoms. The van der Waals surface area contributed by atoms with Gasteiger partial charge in [-0.25, -0.2) is 17.8 Å². The average Bonchev–Trinajstić information content (AvgIpc) is 2.35. The van der Waals surface area contributed by atoms with E-state index < -0.39 is 26.7 Å². The van der Waals surface area contributed by atoms with Crippen molar-refractivity contribution in [1.29, 1.82) is 0 Å². The number of anilines is 1. The summed E-state index contributed by atoms with van der Waals surface area (Å²) in [4.78, 5) is 2.69. The number of pyridine rings is 1. The molecule has 0 aliphatic carbocycles. The topological polar surface area (TPSA) is 59.1 Å². The SMILES string of the molecule is O=S(=O)(Nc1ccc(F)nc1)c1cccc(Cl)c1F. The maximum atomic E-state index is 13.6. The minimum absolute atomic E-state index is 0.0146. The molecule has 0 spiro atoms. The van der Waals surface area contributed by atoms with Crippen LogP contribution in [0.4, 0.5) is 14.5 Å². The summed E-state index contributed by atoms with van der Waals surface area (Å²) in [5, 5.41) is -0.305. The van der Waals surface area contributed by atoms with Crippen LogP contribution in [0.3, 0.4) is 0 Å². The monoisotopic (exact) mass is 304 g/mol. The van der Waals surface area contributed by atoms with Crippen molar-refractivity contribution >= 4 is 27.3 Å². The molecular formula is C11H7ClF2N2O2S. The molecule has 0 radical (unpaired) electrons. The van der Waals surface area contributed by atoms with Gasteiger partial charge in [-0.2, -0.15) is 4.39 Å². The van der Waals surface area contributed by atoms with E-state index >= 15 is 0 Å². The lowest BCUT2D eigenvalue weighted by atomic mass is 10.3. The number of sulfonamides is 1. The van der Waals surface area contributed by atoms with E-state index in [2.05, 4.69) is 9.71 Å². The van der Waals surface area contributed by atoms with Gasteiger partial charge >= 0.3 is 0 Å². The van der Waals surface area contributed by atoms with Crippen molar-refractivity contribution < 1.29 is 17.2 Å². The third-order valence-corrected chi connectivity index (χ3v) is 3.88. The Balaban J connectivity index is 2.38. The first kappa shape index (κ1) is 13.7. The van der Waals surface area contributed by atoms with E-state index in [9.17, 15) is 17.2 Å². The molecule has 2 rings (SSSR count). The highest BCUT2D eigenvalue weighted by atomic mass is 35.5. The van der Waals surface area contributed by atoms with Crippen molar-refractivity contribution in [2.24, 2.45) is 0 Å². The van der Waals surface area contributed by atoms with Crippen LogP contribution in [-0.2, 0) is 10.0 Å². The minimum atomic E-state index is -4.15. The van der Waals surface area contributed by atoms with Crippen molar-refractivity contribution in [3.63, 3.8) is 0 Å². The molecule has 1 aromatic heterocycles. The molecule has 8 heteroatoms. The van der Waals surface area contributed by atoms with Crippen molar-refractivity contribution in [2.45, 2.75) is 4.90 Å². The molecule has 2 aromatic rings. The van der Waals surface area contributed by atoms with Crippen LogP contribution >= 0.6 is 11.6 Å². The first-order chi connectivity index (χ1) is 8.90. The molecule has 0 aliphatic heterocycles. The highest BCUT2D eigenvalue weighted by Crippen LogP contribution is 2.23. The van der Waals surface area contributed by atoms with E-state index in [1.165, 1.54) is 18.2 Å². The summed E-state index contributed by atoms with van der Waals surface area (Å²) in [5.41, 5.74) is 0.0146. The molecule has 0 amide bonds. The van der Waals surface area contributed by atoms with Gasteiger partial charge in [0.25, 0.3) is 10.0 Å². The Kier molecular flexibility index (Phi) is 3.68. The number of benzene rings is 1. The van der Waals surface area contributed by atoms with Gasteiger partial charge in [0.05, 0.1) is 16.9 Å². The average molecular weight is 305 g/mol. The third-order valence-electron chi connectivity index (χ3n) is 2.19. The summed E-state index contributed by atoms with van der Waals surface area (Å²) in [6, 6.07) is 5.76. The van der Waals surface area contributed by atoms with Gasteiger partial charge in [-0.1, -0.05) is 17.7 Å². The predicted octanol–water partition coefficient (Wildman–Crippen LogP) is 2.81. The summed E-state index contributed by atoms with van der Waals surface area (Å²) >= 11 is 5.51. The van der Waals surface area contributed by atoms with Crippen LogP contribution in [0.5, 0.6) is 0 Å². The third kappa shape index (κ3) is 2.99. The molecule has 0 unspecified atom stereocenters. The van der Waals surface area contributed by atoms with Gasteiger partial charge in [-0.3, -0.25) is 4.72 Å². The lowest BCUT2D eigenvalue weighted by molar-refractivity contribution is 0.570. The highest BCUT2D eigenvalue weighted by Gasteiger charge is 2.20. The second-order valence-corrected chi connectivity index (χ2v) is 5.59. The molecule has 0 fully saturated rings. The van der Waals surface area contributed by atoms with Gasteiger partial charge in [-0.15, -0.1) is 0 Å². The zero-order valence-corrected chi connectivity index (χ0v) is 10.8. The fourth-order valence-electron chi connectivity index (χ4n) is 1.34. The lowest BCUT2D eigenvalue weighted by Crippen LogP contribution is -2.15. The fourth-order valence-corrected chi connectivity index (χ4v) is 2.71. The summed E-state index contributed by atoms with van der Waals surface area (Å²) in [6.45, 7) is 0.